The fraction of sp³-hybridized carbons (Fsp3) is 0.400. The monoisotopic (exact) mass is 492 g/mol. The molecule has 0 saturated heterocycles. The smallest absolute Gasteiger partial charge is 0.368 e. The summed E-state index contributed by atoms with van der Waals surface area (Å²) < 4.78 is 38.6. The summed E-state index contributed by atoms with van der Waals surface area (Å²) in [4.78, 5) is 37.0. The van der Waals surface area contributed by atoms with E-state index in [0.717, 1.165) is 23.3 Å². The predicted octanol–water partition coefficient (Wildman–Crippen LogP) is 2.92. The summed E-state index contributed by atoms with van der Waals surface area (Å²) in [6.45, 7) is 7.51. The number of benzene rings is 2. The van der Waals surface area contributed by atoms with E-state index in [1.165, 1.54) is 6.07 Å². The largest absolute Gasteiger partial charge is 0.416 e. The zero-order valence-electron chi connectivity index (χ0n) is 20.1. The normalized spacial score (nSPS) is 13.6. The van der Waals surface area contributed by atoms with Crippen LogP contribution in [-0.4, -0.2) is 36.3 Å². The molecule has 10 heteroatoms. The molecule has 0 aromatic heterocycles. The molecule has 0 radical (unpaired) electrons. The van der Waals surface area contributed by atoms with E-state index in [1.54, 1.807) is 0 Å². The van der Waals surface area contributed by atoms with Gasteiger partial charge in [-0.25, -0.2) is 0 Å². The number of hydrogen-bond donors (Lipinski definition) is 4. The summed E-state index contributed by atoms with van der Waals surface area (Å²) in [5, 5.41) is 8.10. The lowest BCUT2D eigenvalue weighted by atomic mass is 9.81. The van der Waals surface area contributed by atoms with Crippen LogP contribution in [0.2, 0.25) is 0 Å². The minimum Gasteiger partial charge on any atom is -0.368 e. The third kappa shape index (κ3) is 8.40. The number of amides is 3. The molecule has 0 fully saturated rings. The number of carbonyl (C=O) groups is 3. The van der Waals surface area contributed by atoms with Crippen molar-refractivity contribution in [1.82, 2.24) is 16.0 Å². The molecule has 0 aliphatic carbocycles. The van der Waals surface area contributed by atoms with Gasteiger partial charge >= 0.3 is 6.18 Å². The van der Waals surface area contributed by atoms with E-state index in [2.05, 4.69) is 16.0 Å². The number of carbonyl (C=O) groups excluding carboxylic acids is 3. The van der Waals surface area contributed by atoms with Crippen LogP contribution >= 0.6 is 0 Å². The van der Waals surface area contributed by atoms with Gasteiger partial charge in [-0.2, -0.15) is 13.2 Å². The van der Waals surface area contributed by atoms with E-state index in [4.69, 9.17) is 5.73 Å². The van der Waals surface area contributed by atoms with Crippen molar-refractivity contribution < 1.29 is 27.6 Å². The highest BCUT2D eigenvalue weighted by molar-refractivity contribution is 5.97. The summed E-state index contributed by atoms with van der Waals surface area (Å²) >= 11 is 0. The standard InChI is InChI=1S/C25H31F3N4O3/c1-15-8-10-16(11-9-15)13-30-21(24(2,3)4)20(22(29)34)32-19(33)14-31-23(35)17-6-5-7-18(12-17)25(26,27)28/h5-12,20-21,30H,13-14H2,1-4H3,(H2,29,34)(H,31,35)(H,32,33). The Morgan fingerprint density at radius 3 is 2.17 bits per heavy atom. The molecule has 5 N–H and O–H groups in total. The SMILES string of the molecule is Cc1ccc(CNC(C(NC(=O)CNC(=O)c2cccc(C(F)(F)F)c2)C(N)=O)C(C)(C)C)cc1. The minimum absolute atomic E-state index is 0.244. The van der Waals surface area contributed by atoms with E-state index in [9.17, 15) is 27.6 Å². The maximum absolute atomic E-state index is 12.9. The van der Waals surface area contributed by atoms with Gasteiger partial charge in [-0.3, -0.25) is 14.4 Å². The summed E-state index contributed by atoms with van der Waals surface area (Å²) in [6, 6.07) is 10.0. The minimum atomic E-state index is -4.60. The first-order valence-corrected chi connectivity index (χ1v) is 11.0. The lowest BCUT2D eigenvalue weighted by molar-refractivity contribution is -0.137. The van der Waals surface area contributed by atoms with Gasteiger partial charge in [-0.15, -0.1) is 0 Å². The highest BCUT2D eigenvalue weighted by Gasteiger charge is 2.36. The molecule has 7 nitrogen and oxygen atoms in total. The van der Waals surface area contributed by atoms with Gasteiger partial charge < -0.3 is 21.7 Å². The number of halogens is 3. The number of nitrogens with two attached hydrogens (primary N) is 1. The first-order chi connectivity index (χ1) is 16.2. The Morgan fingerprint density at radius 2 is 1.63 bits per heavy atom. The quantitative estimate of drug-likeness (QED) is 0.431. The number of primary amides is 1. The fourth-order valence-electron chi connectivity index (χ4n) is 3.50. The highest BCUT2D eigenvalue weighted by atomic mass is 19.4. The second-order valence-electron chi connectivity index (χ2n) is 9.42. The van der Waals surface area contributed by atoms with Crippen molar-refractivity contribution in [3.05, 3.63) is 70.8 Å². The summed E-state index contributed by atoms with van der Waals surface area (Å²) in [5.74, 6) is -2.33. The lowest BCUT2D eigenvalue weighted by Gasteiger charge is -2.37. The van der Waals surface area contributed by atoms with Crippen molar-refractivity contribution in [2.24, 2.45) is 11.1 Å². The van der Waals surface area contributed by atoms with Gasteiger partial charge in [0.2, 0.25) is 11.8 Å². The van der Waals surface area contributed by atoms with Crippen LogP contribution in [0.5, 0.6) is 0 Å². The third-order valence-corrected chi connectivity index (χ3v) is 5.40. The molecular weight excluding hydrogens is 461 g/mol. The Morgan fingerprint density at radius 1 is 1.00 bits per heavy atom. The number of aryl methyl sites for hydroxylation is 1. The number of hydrogen-bond acceptors (Lipinski definition) is 4. The molecule has 0 aliphatic rings. The molecule has 0 spiro atoms. The van der Waals surface area contributed by atoms with E-state index < -0.39 is 53.5 Å². The Hall–Kier alpha value is -3.40. The summed E-state index contributed by atoms with van der Waals surface area (Å²) in [7, 11) is 0. The molecule has 2 atom stereocenters. The molecule has 3 amide bonds. The predicted molar refractivity (Wildman–Crippen MR) is 126 cm³/mol. The number of nitrogens with one attached hydrogen (secondary N) is 3. The van der Waals surface area contributed by atoms with Crippen LogP contribution < -0.4 is 21.7 Å². The third-order valence-electron chi connectivity index (χ3n) is 5.40. The van der Waals surface area contributed by atoms with Crippen molar-refractivity contribution in [1.29, 1.82) is 0 Å². The van der Waals surface area contributed by atoms with Crippen LogP contribution in [-0.2, 0) is 22.3 Å². The Kier molecular flexibility index (Phi) is 9.03. The van der Waals surface area contributed by atoms with Crippen molar-refractivity contribution in [2.45, 2.75) is 52.5 Å². The Balaban J connectivity index is 2.05. The van der Waals surface area contributed by atoms with E-state index in [-0.39, 0.29) is 5.56 Å². The number of rotatable bonds is 9. The molecule has 35 heavy (non-hydrogen) atoms. The fourth-order valence-corrected chi connectivity index (χ4v) is 3.50. The van der Waals surface area contributed by atoms with Gasteiger partial charge in [-0.05, 0) is 36.1 Å². The first-order valence-electron chi connectivity index (χ1n) is 11.0. The average molecular weight is 493 g/mol. The van der Waals surface area contributed by atoms with Crippen molar-refractivity contribution in [3.8, 4) is 0 Å². The van der Waals surface area contributed by atoms with E-state index >= 15 is 0 Å². The molecule has 0 saturated carbocycles. The zero-order valence-corrected chi connectivity index (χ0v) is 20.1. The van der Waals surface area contributed by atoms with Crippen molar-refractivity contribution in [2.75, 3.05) is 6.54 Å². The summed E-state index contributed by atoms with van der Waals surface area (Å²) in [6.07, 6.45) is -4.60. The maximum atomic E-state index is 12.9. The van der Waals surface area contributed by atoms with Gasteiger partial charge in [0.15, 0.2) is 0 Å². The highest BCUT2D eigenvalue weighted by Crippen LogP contribution is 2.29. The van der Waals surface area contributed by atoms with Crippen LogP contribution in [0.25, 0.3) is 0 Å². The topological polar surface area (TPSA) is 113 Å². The molecular formula is C25H31F3N4O3. The first kappa shape index (κ1) is 27.8. The maximum Gasteiger partial charge on any atom is 0.416 e. The van der Waals surface area contributed by atoms with E-state index in [0.29, 0.717) is 12.6 Å². The second kappa shape index (κ2) is 11.4. The molecule has 0 bridgehead atoms. The number of alkyl halides is 3. The molecule has 0 heterocycles. The molecule has 2 aromatic rings. The zero-order chi connectivity index (χ0) is 26.4. The Labute approximate surface area is 202 Å². The lowest BCUT2D eigenvalue weighted by Crippen LogP contribution is -2.61. The van der Waals surface area contributed by atoms with Gasteiger partial charge in [-0.1, -0.05) is 56.7 Å². The van der Waals surface area contributed by atoms with Crippen LogP contribution in [0.4, 0.5) is 13.2 Å². The van der Waals surface area contributed by atoms with Gasteiger partial charge in [0.1, 0.15) is 6.04 Å². The molecule has 0 aliphatic heterocycles. The Bertz CT molecular complexity index is 1050. The van der Waals surface area contributed by atoms with Gasteiger partial charge in [0.05, 0.1) is 12.1 Å². The second-order valence-corrected chi connectivity index (χ2v) is 9.42. The molecule has 2 rings (SSSR count). The molecule has 2 unspecified atom stereocenters. The summed E-state index contributed by atoms with van der Waals surface area (Å²) in [5.41, 5.74) is 5.97. The van der Waals surface area contributed by atoms with Crippen molar-refractivity contribution >= 4 is 17.7 Å². The van der Waals surface area contributed by atoms with Gasteiger partial charge in [0, 0.05) is 18.2 Å². The average Bonchev–Trinajstić information content (AvgIpc) is 2.76. The van der Waals surface area contributed by atoms with Crippen LogP contribution in [0.3, 0.4) is 0 Å². The van der Waals surface area contributed by atoms with Crippen LogP contribution in [0, 0.1) is 12.3 Å². The molecule has 2 aromatic carbocycles. The van der Waals surface area contributed by atoms with Crippen LogP contribution in [0.15, 0.2) is 48.5 Å². The van der Waals surface area contributed by atoms with E-state index in [1.807, 2.05) is 52.0 Å². The van der Waals surface area contributed by atoms with Crippen molar-refractivity contribution in [3.63, 3.8) is 0 Å². The van der Waals surface area contributed by atoms with Crippen LogP contribution in [0.1, 0.15) is 47.8 Å². The van der Waals surface area contributed by atoms with Gasteiger partial charge in [0.25, 0.3) is 5.91 Å². The molecule has 190 valence electrons.